The van der Waals surface area contributed by atoms with Crippen LogP contribution in [0.1, 0.15) is 37.8 Å². The van der Waals surface area contributed by atoms with E-state index in [0.717, 1.165) is 56.9 Å². The Kier molecular flexibility index (Phi) is 6.05. The fraction of sp³-hybridized carbons (Fsp3) is 0.765. The van der Waals surface area contributed by atoms with Crippen LogP contribution in [0.2, 0.25) is 0 Å². The van der Waals surface area contributed by atoms with Crippen LogP contribution in [-0.2, 0) is 4.74 Å². The smallest absolute Gasteiger partial charge is 0.225 e. The second-order valence-corrected chi connectivity index (χ2v) is 6.58. The molecule has 1 saturated heterocycles. The molecule has 2 aliphatic rings. The predicted molar refractivity (Wildman–Crippen MR) is 93.0 cm³/mol. The Morgan fingerprint density at radius 3 is 2.74 bits per heavy atom. The van der Waals surface area contributed by atoms with E-state index in [1.807, 2.05) is 13.0 Å². The third-order valence-electron chi connectivity index (χ3n) is 4.63. The van der Waals surface area contributed by atoms with Gasteiger partial charge in [-0.25, -0.2) is 4.98 Å². The minimum absolute atomic E-state index is 0.534. The molecule has 1 saturated carbocycles. The molecule has 2 heterocycles. The lowest BCUT2D eigenvalue weighted by Gasteiger charge is -2.26. The van der Waals surface area contributed by atoms with E-state index < -0.39 is 0 Å². The summed E-state index contributed by atoms with van der Waals surface area (Å²) in [6, 6.07) is 2.55. The number of hydrogen-bond acceptors (Lipinski definition) is 6. The highest BCUT2D eigenvalue weighted by molar-refractivity contribution is 5.42. The van der Waals surface area contributed by atoms with E-state index in [0.29, 0.717) is 6.04 Å². The molecular formula is C17H29N5O. The van der Waals surface area contributed by atoms with Crippen LogP contribution in [-0.4, -0.2) is 60.3 Å². The number of anilines is 2. The average molecular weight is 319 g/mol. The lowest BCUT2D eigenvalue weighted by Crippen LogP contribution is -2.39. The summed E-state index contributed by atoms with van der Waals surface area (Å²) in [5.41, 5.74) is 1.01. The Labute approximate surface area is 139 Å². The molecular weight excluding hydrogens is 290 g/mol. The zero-order valence-electron chi connectivity index (χ0n) is 14.2. The van der Waals surface area contributed by atoms with Crippen molar-refractivity contribution in [1.82, 2.24) is 14.9 Å². The number of hydrogen-bond donors (Lipinski definition) is 2. The Bertz CT molecular complexity index is 484. The van der Waals surface area contributed by atoms with E-state index in [-0.39, 0.29) is 0 Å². The molecule has 23 heavy (non-hydrogen) atoms. The molecule has 0 aromatic carbocycles. The highest BCUT2D eigenvalue weighted by atomic mass is 16.5. The van der Waals surface area contributed by atoms with Crippen molar-refractivity contribution in [3.63, 3.8) is 0 Å². The third-order valence-corrected chi connectivity index (χ3v) is 4.63. The zero-order chi connectivity index (χ0) is 15.9. The highest BCUT2D eigenvalue weighted by Gasteiger charge is 2.15. The van der Waals surface area contributed by atoms with Crippen molar-refractivity contribution in [2.24, 2.45) is 0 Å². The summed E-state index contributed by atoms with van der Waals surface area (Å²) < 4.78 is 5.38. The molecule has 0 amide bonds. The Morgan fingerprint density at radius 2 is 1.96 bits per heavy atom. The van der Waals surface area contributed by atoms with Gasteiger partial charge in [-0.2, -0.15) is 4.98 Å². The lowest BCUT2D eigenvalue weighted by molar-refractivity contribution is 0.0398. The number of nitrogens with zero attached hydrogens (tertiary/aromatic N) is 3. The van der Waals surface area contributed by atoms with Crippen LogP contribution < -0.4 is 10.6 Å². The second-order valence-electron chi connectivity index (χ2n) is 6.58. The van der Waals surface area contributed by atoms with Crippen LogP contribution in [0, 0.1) is 6.92 Å². The van der Waals surface area contributed by atoms with Gasteiger partial charge in [-0.3, -0.25) is 4.90 Å². The first kappa shape index (κ1) is 16.5. The number of rotatable bonds is 6. The van der Waals surface area contributed by atoms with E-state index in [9.17, 15) is 0 Å². The summed E-state index contributed by atoms with van der Waals surface area (Å²) >= 11 is 0. The van der Waals surface area contributed by atoms with Gasteiger partial charge < -0.3 is 15.4 Å². The fourth-order valence-corrected chi connectivity index (χ4v) is 3.32. The monoisotopic (exact) mass is 319 g/mol. The van der Waals surface area contributed by atoms with Crippen LogP contribution >= 0.6 is 0 Å². The van der Waals surface area contributed by atoms with Gasteiger partial charge in [0.25, 0.3) is 0 Å². The first-order valence-electron chi connectivity index (χ1n) is 8.96. The lowest BCUT2D eigenvalue weighted by atomic mass is 9.96. The molecule has 1 aliphatic carbocycles. The molecule has 0 spiro atoms. The molecule has 6 nitrogen and oxygen atoms in total. The molecule has 0 atom stereocenters. The van der Waals surface area contributed by atoms with Gasteiger partial charge in [0.15, 0.2) is 0 Å². The Hall–Kier alpha value is -1.40. The van der Waals surface area contributed by atoms with Gasteiger partial charge >= 0.3 is 0 Å². The first-order valence-corrected chi connectivity index (χ1v) is 8.96. The maximum absolute atomic E-state index is 5.38. The molecule has 3 rings (SSSR count). The summed E-state index contributed by atoms with van der Waals surface area (Å²) in [5, 5.41) is 6.95. The van der Waals surface area contributed by atoms with Crippen molar-refractivity contribution in [1.29, 1.82) is 0 Å². The number of morpholine rings is 1. The van der Waals surface area contributed by atoms with Crippen molar-refractivity contribution < 1.29 is 4.74 Å². The fourth-order valence-electron chi connectivity index (χ4n) is 3.32. The molecule has 0 radical (unpaired) electrons. The summed E-state index contributed by atoms with van der Waals surface area (Å²) in [6.07, 6.45) is 6.46. The standard InChI is InChI=1S/C17H29N5O/c1-14-13-16(18-7-8-22-9-11-23-12-10-22)21-17(19-14)20-15-5-3-2-4-6-15/h13,15H,2-12H2,1H3,(H2,18,19,20,21). The SMILES string of the molecule is Cc1cc(NCCN2CCOCC2)nc(NC2CCCCC2)n1. The molecule has 2 fully saturated rings. The van der Waals surface area contributed by atoms with Crippen LogP contribution in [0.15, 0.2) is 6.07 Å². The summed E-state index contributed by atoms with van der Waals surface area (Å²) in [6.45, 7) is 7.71. The van der Waals surface area contributed by atoms with Gasteiger partial charge in [-0.05, 0) is 19.8 Å². The van der Waals surface area contributed by atoms with Crippen LogP contribution in [0.3, 0.4) is 0 Å². The van der Waals surface area contributed by atoms with Gasteiger partial charge in [0.2, 0.25) is 5.95 Å². The molecule has 1 aliphatic heterocycles. The quantitative estimate of drug-likeness (QED) is 0.839. The zero-order valence-corrected chi connectivity index (χ0v) is 14.2. The van der Waals surface area contributed by atoms with E-state index in [1.54, 1.807) is 0 Å². The minimum atomic E-state index is 0.534. The van der Waals surface area contributed by atoms with Crippen molar-refractivity contribution in [2.45, 2.75) is 45.1 Å². The number of aromatic nitrogens is 2. The number of nitrogens with one attached hydrogen (secondary N) is 2. The Balaban J connectivity index is 1.50. The molecule has 128 valence electrons. The molecule has 0 bridgehead atoms. The summed E-state index contributed by atoms with van der Waals surface area (Å²) in [5.74, 6) is 1.69. The molecule has 1 aromatic heterocycles. The van der Waals surface area contributed by atoms with Crippen molar-refractivity contribution >= 4 is 11.8 Å². The van der Waals surface area contributed by atoms with Gasteiger partial charge in [0.05, 0.1) is 13.2 Å². The van der Waals surface area contributed by atoms with Crippen molar-refractivity contribution in [3.8, 4) is 0 Å². The maximum Gasteiger partial charge on any atom is 0.225 e. The number of ether oxygens (including phenoxy) is 1. The van der Waals surface area contributed by atoms with Crippen molar-refractivity contribution in [3.05, 3.63) is 11.8 Å². The summed E-state index contributed by atoms with van der Waals surface area (Å²) in [7, 11) is 0. The maximum atomic E-state index is 5.38. The first-order chi connectivity index (χ1) is 11.3. The van der Waals surface area contributed by atoms with E-state index >= 15 is 0 Å². The van der Waals surface area contributed by atoms with E-state index in [4.69, 9.17) is 4.74 Å². The van der Waals surface area contributed by atoms with Gasteiger partial charge in [-0.15, -0.1) is 0 Å². The van der Waals surface area contributed by atoms with Gasteiger partial charge in [0.1, 0.15) is 5.82 Å². The third kappa shape index (κ3) is 5.32. The minimum Gasteiger partial charge on any atom is -0.379 e. The average Bonchev–Trinajstić information content (AvgIpc) is 2.56. The largest absolute Gasteiger partial charge is 0.379 e. The Morgan fingerprint density at radius 1 is 1.17 bits per heavy atom. The molecule has 6 heteroatoms. The van der Waals surface area contributed by atoms with Crippen LogP contribution in [0.4, 0.5) is 11.8 Å². The van der Waals surface area contributed by atoms with Crippen molar-refractivity contribution in [2.75, 3.05) is 50.0 Å². The second kappa shape index (κ2) is 8.45. The topological polar surface area (TPSA) is 62.3 Å². The van der Waals surface area contributed by atoms with E-state index in [2.05, 4.69) is 25.5 Å². The van der Waals surface area contributed by atoms with Crippen LogP contribution in [0.25, 0.3) is 0 Å². The molecule has 1 aromatic rings. The van der Waals surface area contributed by atoms with E-state index in [1.165, 1.54) is 32.1 Å². The highest BCUT2D eigenvalue weighted by Crippen LogP contribution is 2.21. The van der Waals surface area contributed by atoms with Gasteiger partial charge in [-0.1, -0.05) is 19.3 Å². The number of aryl methyl sites for hydroxylation is 1. The normalized spacial score (nSPS) is 20.4. The predicted octanol–water partition coefficient (Wildman–Crippen LogP) is 2.27. The molecule has 2 N–H and O–H groups in total. The van der Waals surface area contributed by atoms with Gasteiger partial charge in [0, 0.05) is 44.0 Å². The van der Waals surface area contributed by atoms with Crippen LogP contribution in [0.5, 0.6) is 0 Å². The molecule has 0 unspecified atom stereocenters. The summed E-state index contributed by atoms with van der Waals surface area (Å²) in [4.78, 5) is 11.6.